The molecule has 5 rings (SSSR count). The Hall–Kier alpha value is -4.86. The Morgan fingerprint density at radius 3 is 2.46 bits per heavy atom. The third-order valence-electron chi connectivity index (χ3n) is 6.07. The zero-order chi connectivity index (χ0) is 25.0. The van der Waals surface area contributed by atoms with Gasteiger partial charge in [0.2, 0.25) is 0 Å². The monoisotopic (exact) mass is 469 g/mol. The topological polar surface area (TPSA) is 145 Å². The van der Waals surface area contributed by atoms with E-state index in [9.17, 15) is 19.7 Å². The van der Waals surface area contributed by atoms with E-state index < -0.39 is 10.5 Å². The molecule has 0 saturated carbocycles. The van der Waals surface area contributed by atoms with Crippen LogP contribution in [-0.2, 0) is 4.79 Å². The molecule has 2 aromatic carbocycles. The number of aromatic nitrogens is 1. The summed E-state index contributed by atoms with van der Waals surface area (Å²) in [5.41, 5.74) is 9.31. The molecule has 2 N–H and O–H groups in total. The van der Waals surface area contributed by atoms with Gasteiger partial charge in [-0.2, -0.15) is 10.1 Å². The van der Waals surface area contributed by atoms with Crippen molar-refractivity contribution in [2.75, 3.05) is 10.7 Å². The molecular formula is C25H19N5O5. The first-order chi connectivity index (χ1) is 16.7. The Labute approximate surface area is 198 Å². The molecule has 0 aliphatic carbocycles. The van der Waals surface area contributed by atoms with Crippen LogP contribution in [0.5, 0.6) is 0 Å². The van der Waals surface area contributed by atoms with Gasteiger partial charge in [0.25, 0.3) is 11.6 Å². The van der Waals surface area contributed by atoms with Gasteiger partial charge in [0, 0.05) is 28.6 Å². The third kappa shape index (κ3) is 3.52. The van der Waals surface area contributed by atoms with Crippen LogP contribution in [0.25, 0.3) is 27.8 Å². The molecule has 0 bridgehead atoms. The lowest BCUT2D eigenvalue weighted by Crippen LogP contribution is -2.21. The number of nitro benzene ring substituents is 1. The number of rotatable bonds is 3. The van der Waals surface area contributed by atoms with Gasteiger partial charge in [-0.05, 0) is 62.2 Å². The van der Waals surface area contributed by atoms with Gasteiger partial charge in [-0.1, -0.05) is 6.07 Å². The van der Waals surface area contributed by atoms with Crippen molar-refractivity contribution in [2.45, 2.75) is 20.8 Å². The Balaban J connectivity index is 1.61. The lowest BCUT2D eigenvalue weighted by atomic mass is 9.99. The average Bonchev–Trinajstić information content (AvgIpc) is 3.10. The fraction of sp³-hybridized carbons (Fsp3) is 0.120. The van der Waals surface area contributed by atoms with Crippen LogP contribution in [-0.4, -0.2) is 21.5 Å². The number of nitrogens with zero attached hydrogens (tertiary/aromatic N) is 4. The highest BCUT2D eigenvalue weighted by Gasteiger charge is 2.29. The molecule has 0 radical (unpaired) electrons. The SMILES string of the molecule is CC1=NN(c2ccc([N+](=O)[O-])cc2)C(=O)C1=Cc1ccc2oc(=O)c3c(N)nc(C)c(C)c3c2c1. The fourth-order valence-electron chi connectivity index (χ4n) is 4.17. The summed E-state index contributed by atoms with van der Waals surface area (Å²) in [6, 6.07) is 10.8. The number of aryl methyl sites for hydroxylation is 2. The molecule has 3 heterocycles. The third-order valence-corrected chi connectivity index (χ3v) is 6.07. The van der Waals surface area contributed by atoms with E-state index in [1.54, 1.807) is 25.1 Å². The van der Waals surface area contributed by atoms with Gasteiger partial charge in [-0.25, -0.2) is 9.78 Å². The number of non-ortho nitro benzene ring substituents is 1. The van der Waals surface area contributed by atoms with Gasteiger partial charge in [-0.3, -0.25) is 14.9 Å². The number of nitrogens with two attached hydrogens (primary N) is 1. The van der Waals surface area contributed by atoms with E-state index in [4.69, 9.17) is 10.2 Å². The van der Waals surface area contributed by atoms with Gasteiger partial charge in [0.15, 0.2) is 0 Å². The first kappa shape index (κ1) is 22.0. The van der Waals surface area contributed by atoms with E-state index >= 15 is 0 Å². The molecule has 1 amide bonds. The lowest BCUT2D eigenvalue weighted by Gasteiger charge is -2.11. The first-order valence-corrected chi connectivity index (χ1v) is 10.6. The van der Waals surface area contributed by atoms with Gasteiger partial charge in [0.1, 0.15) is 16.8 Å². The zero-order valence-electron chi connectivity index (χ0n) is 19.0. The standard InChI is InChI=1S/C25H19N5O5/c1-12-13(2)27-23(26)22-21(12)19-11-15(4-9-20(19)35-25(22)32)10-18-14(3)28-29(24(18)31)16-5-7-17(8-6-16)30(33)34/h4-11H,1-3H3,(H2,26,27). The van der Waals surface area contributed by atoms with E-state index in [2.05, 4.69) is 10.1 Å². The number of benzene rings is 2. The fourth-order valence-corrected chi connectivity index (χ4v) is 4.17. The molecule has 1 aliphatic rings. The van der Waals surface area contributed by atoms with Crippen LogP contribution in [0.3, 0.4) is 0 Å². The predicted molar refractivity (Wildman–Crippen MR) is 133 cm³/mol. The second kappa shape index (κ2) is 7.87. The molecule has 0 unspecified atom stereocenters. The maximum atomic E-state index is 13.1. The summed E-state index contributed by atoms with van der Waals surface area (Å²) in [5.74, 6) is -0.253. The number of nitro groups is 1. The molecule has 2 aromatic heterocycles. The van der Waals surface area contributed by atoms with Crippen LogP contribution in [0.2, 0.25) is 0 Å². The maximum absolute atomic E-state index is 13.1. The minimum atomic E-state index is -0.556. The molecule has 10 nitrogen and oxygen atoms in total. The van der Waals surface area contributed by atoms with Crippen LogP contribution in [0, 0.1) is 24.0 Å². The Morgan fingerprint density at radius 2 is 1.77 bits per heavy atom. The molecule has 174 valence electrons. The molecule has 35 heavy (non-hydrogen) atoms. The van der Waals surface area contributed by atoms with Crippen molar-refractivity contribution in [1.29, 1.82) is 0 Å². The molecular weight excluding hydrogens is 450 g/mol. The molecule has 0 atom stereocenters. The van der Waals surface area contributed by atoms with Gasteiger partial charge >= 0.3 is 5.63 Å². The normalized spacial score (nSPS) is 14.8. The smallest absolute Gasteiger partial charge is 0.347 e. The predicted octanol–water partition coefficient (Wildman–Crippen LogP) is 4.25. The van der Waals surface area contributed by atoms with Crippen molar-refractivity contribution in [1.82, 2.24) is 4.98 Å². The number of nitrogen functional groups attached to an aromatic ring is 1. The number of hydrogen-bond acceptors (Lipinski definition) is 8. The Morgan fingerprint density at radius 1 is 1.06 bits per heavy atom. The maximum Gasteiger partial charge on any atom is 0.347 e. The first-order valence-electron chi connectivity index (χ1n) is 10.6. The van der Waals surface area contributed by atoms with Crippen LogP contribution in [0.15, 0.2) is 62.4 Å². The quantitative estimate of drug-likeness (QED) is 0.155. The number of carbonyl (C=O) groups is 1. The van der Waals surface area contributed by atoms with E-state index in [1.165, 1.54) is 29.3 Å². The van der Waals surface area contributed by atoms with Crippen LogP contribution in [0.4, 0.5) is 17.2 Å². The highest BCUT2D eigenvalue weighted by Crippen LogP contribution is 2.32. The lowest BCUT2D eigenvalue weighted by molar-refractivity contribution is -0.384. The van der Waals surface area contributed by atoms with Gasteiger partial charge < -0.3 is 10.2 Å². The minimum absolute atomic E-state index is 0.0757. The van der Waals surface area contributed by atoms with Gasteiger partial charge in [-0.15, -0.1) is 0 Å². The van der Waals surface area contributed by atoms with Crippen LogP contribution in [0.1, 0.15) is 23.7 Å². The van der Waals surface area contributed by atoms with E-state index in [1.807, 2.05) is 19.9 Å². The van der Waals surface area contributed by atoms with Crippen molar-refractivity contribution in [3.05, 3.63) is 85.4 Å². The molecule has 10 heteroatoms. The second-order valence-corrected chi connectivity index (χ2v) is 8.24. The highest BCUT2D eigenvalue weighted by molar-refractivity contribution is 6.32. The van der Waals surface area contributed by atoms with Crippen LogP contribution >= 0.6 is 0 Å². The Kier molecular flexibility index (Phi) is 4.94. The molecule has 4 aromatic rings. The van der Waals surface area contributed by atoms with Crippen molar-refractivity contribution in [2.24, 2.45) is 5.10 Å². The number of hydrazone groups is 1. The van der Waals surface area contributed by atoms with Crippen molar-refractivity contribution in [3.8, 4) is 0 Å². The largest absolute Gasteiger partial charge is 0.422 e. The summed E-state index contributed by atoms with van der Waals surface area (Å²) >= 11 is 0. The van der Waals surface area contributed by atoms with E-state index in [0.29, 0.717) is 44.6 Å². The minimum Gasteiger partial charge on any atom is -0.422 e. The van der Waals surface area contributed by atoms with E-state index in [0.717, 1.165) is 5.56 Å². The summed E-state index contributed by atoms with van der Waals surface area (Å²) in [5, 5.41) is 18.0. The van der Waals surface area contributed by atoms with Gasteiger partial charge in [0.05, 0.1) is 21.9 Å². The number of fused-ring (bicyclic) bond motifs is 3. The van der Waals surface area contributed by atoms with E-state index in [-0.39, 0.29) is 22.8 Å². The molecule has 0 fully saturated rings. The van der Waals surface area contributed by atoms with Crippen LogP contribution < -0.4 is 16.4 Å². The number of amides is 1. The number of anilines is 2. The molecule has 1 aliphatic heterocycles. The molecule has 0 spiro atoms. The van der Waals surface area contributed by atoms with Crippen molar-refractivity contribution in [3.63, 3.8) is 0 Å². The summed E-state index contributed by atoms with van der Waals surface area (Å²) in [6.07, 6.45) is 1.70. The summed E-state index contributed by atoms with van der Waals surface area (Å²) in [4.78, 5) is 40.3. The summed E-state index contributed by atoms with van der Waals surface area (Å²) in [6.45, 7) is 5.40. The Bertz CT molecular complexity index is 1700. The summed E-state index contributed by atoms with van der Waals surface area (Å²) in [7, 11) is 0. The van der Waals surface area contributed by atoms with Crippen molar-refractivity contribution >= 4 is 56.6 Å². The zero-order valence-corrected chi connectivity index (χ0v) is 19.0. The number of pyridine rings is 1. The summed E-state index contributed by atoms with van der Waals surface area (Å²) < 4.78 is 5.48. The van der Waals surface area contributed by atoms with Crippen molar-refractivity contribution < 1.29 is 14.1 Å². The molecule has 0 saturated heterocycles. The number of hydrogen-bond donors (Lipinski definition) is 1. The average molecular weight is 469 g/mol. The highest BCUT2D eigenvalue weighted by atomic mass is 16.6. The number of carbonyl (C=O) groups excluding carboxylic acids is 1. The second-order valence-electron chi connectivity index (χ2n) is 8.24.